The first-order valence-electron chi connectivity index (χ1n) is 25.7. The first-order valence-corrected chi connectivity index (χ1v) is 37.6. The molecule has 11 nitrogen and oxygen atoms in total. The Balaban J connectivity index is 1.27. The molecule has 7 saturated carbocycles. The molecular formula is C42H80O11Si7. The second kappa shape index (κ2) is 20.5. The van der Waals surface area contributed by atoms with E-state index < -0.39 is 62.6 Å². The molecule has 3 heterocycles. The van der Waals surface area contributed by atoms with E-state index in [0.29, 0.717) is 0 Å². The van der Waals surface area contributed by atoms with Gasteiger partial charge in [0.05, 0.1) is 0 Å². The summed E-state index contributed by atoms with van der Waals surface area (Å²) in [4.78, 5) is 41.7. The third-order valence-electron chi connectivity index (χ3n) is 16.6. The van der Waals surface area contributed by atoms with Crippen LogP contribution in [0.5, 0.6) is 0 Å². The van der Waals surface area contributed by atoms with Gasteiger partial charge in [-0.05, 0) is 89.9 Å². The van der Waals surface area contributed by atoms with E-state index >= 15 is 0 Å². The average Bonchev–Trinajstić information content (AvgIpc) is 3.30. The fourth-order valence-corrected chi connectivity index (χ4v) is 48.0. The van der Waals surface area contributed by atoms with Crippen LogP contribution in [-0.2, 0) is 32.9 Å². The van der Waals surface area contributed by atoms with E-state index in [4.69, 9.17) is 32.9 Å². The molecule has 0 aromatic carbocycles. The Hall–Kier alpha value is 1.08. The van der Waals surface area contributed by atoms with Gasteiger partial charge in [0.2, 0.25) is 0 Å². The van der Waals surface area contributed by atoms with Crippen LogP contribution in [-0.4, -0.2) is 77.0 Å². The summed E-state index contributed by atoms with van der Waals surface area (Å²) in [5.41, 5.74) is -0.457. The lowest BCUT2D eigenvalue weighted by molar-refractivity contribution is 0.0424. The maximum atomic E-state index is 13.9. The van der Waals surface area contributed by atoms with Gasteiger partial charge in [-0.15, -0.1) is 0 Å². The molecule has 3 N–H and O–H groups in total. The van der Waals surface area contributed by atoms with E-state index in [2.05, 4.69) is 0 Å². The second-order valence-electron chi connectivity index (χ2n) is 20.9. The SMILES string of the molecule is O[Si]1(C2CCCCC2)O[Si](C2CCCCC2)O[Si](O)(C2CCCCC2)O[Si]2(C3CCCCC3)O[Si](C3CCCCC3)O[Si](C3CCCCC3)(O1)O[Si](O)(C1CCCCC1)O2. The zero-order chi connectivity index (χ0) is 41.1. The fraction of sp³-hybridized carbons (Fsp3) is 1.00. The van der Waals surface area contributed by atoms with Crippen molar-refractivity contribution >= 4 is 62.6 Å². The summed E-state index contributed by atoms with van der Waals surface area (Å²) < 4.78 is 62.4. The molecule has 10 rings (SSSR count). The van der Waals surface area contributed by atoms with E-state index in [0.717, 1.165) is 212 Å². The van der Waals surface area contributed by atoms with Gasteiger partial charge in [-0.1, -0.05) is 135 Å². The molecule has 60 heavy (non-hydrogen) atoms. The Labute approximate surface area is 371 Å². The summed E-state index contributed by atoms with van der Waals surface area (Å²) in [5, 5.41) is 0. The number of hydrogen-bond donors (Lipinski definition) is 3. The van der Waals surface area contributed by atoms with Crippen LogP contribution in [0.15, 0.2) is 0 Å². The number of rotatable bonds is 7. The van der Waals surface area contributed by atoms with Crippen molar-refractivity contribution < 1.29 is 47.3 Å². The monoisotopic (exact) mass is 956 g/mol. The highest BCUT2D eigenvalue weighted by Crippen LogP contribution is 2.55. The van der Waals surface area contributed by atoms with Crippen LogP contribution >= 0.6 is 0 Å². The average molecular weight is 958 g/mol. The second-order valence-corrected chi connectivity index (χ2v) is 40.6. The van der Waals surface area contributed by atoms with E-state index in [9.17, 15) is 14.4 Å². The first kappa shape index (κ1) is 46.2. The Morgan fingerprint density at radius 3 is 0.817 bits per heavy atom. The highest BCUT2D eigenvalue weighted by atomic mass is 28.6. The van der Waals surface area contributed by atoms with Crippen molar-refractivity contribution in [3.8, 4) is 0 Å². The largest absolute Gasteiger partial charge is 0.486 e. The normalized spacial score (nSPS) is 41.5. The van der Waals surface area contributed by atoms with Crippen LogP contribution in [0.25, 0.3) is 0 Å². The molecule has 0 amide bonds. The standard InChI is InChI=1S/C42H80O11Si7/c43-56(38-26-12-3-13-27-38)46-54(36-22-8-1-9-23-36)47-57(44,39-28-14-4-15-29-39)51-60(42-34-20-7-21-35-42)49-55(37-24-10-2-11-25-37)48-59(50-56,41-32-18-6-19-33-41)52-58(45,53-60)40-30-16-5-17-31-40/h36-45H,1-35H2. The van der Waals surface area contributed by atoms with Gasteiger partial charge in [0.25, 0.3) is 0 Å². The van der Waals surface area contributed by atoms with E-state index in [1.807, 2.05) is 0 Å². The van der Waals surface area contributed by atoms with E-state index in [1.54, 1.807) is 0 Å². The van der Waals surface area contributed by atoms with Gasteiger partial charge in [0.15, 0.2) is 0 Å². The Morgan fingerprint density at radius 1 is 0.267 bits per heavy atom. The van der Waals surface area contributed by atoms with Crippen LogP contribution < -0.4 is 0 Å². The molecular weight excluding hydrogens is 877 g/mol. The lowest BCUT2D eigenvalue weighted by Crippen LogP contribution is -2.77. The zero-order valence-electron chi connectivity index (χ0n) is 36.9. The Morgan fingerprint density at radius 2 is 0.500 bits per heavy atom. The maximum Gasteiger partial charge on any atom is 0.486 e. The topological polar surface area (TPSA) is 135 Å². The highest BCUT2D eigenvalue weighted by molar-refractivity contribution is 6.93. The van der Waals surface area contributed by atoms with Crippen molar-refractivity contribution in [3.63, 3.8) is 0 Å². The first-order chi connectivity index (χ1) is 29.2. The van der Waals surface area contributed by atoms with Crippen molar-refractivity contribution in [2.24, 2.45) is 0 Å². The van der Waals surface area contributed by atoms with E-state index in [1.165, 1.54) is 12.8 Å². The summed E-state index contributed by atoms with van der Waals surface area (Å²) in [6.07, 6.45) is 35.1. The van der Waals surface area contributed by atoms with Crippen molar-refractivity contribution in [1.82, 2.24) is 0 Å². The molecule has 2 bridgehead atoms. The van der Waals surface area contributed by atoms with Gasteiger partial charge >= 0.3 is 62.6 Å². The molecule has 3 saturated heterocycles. The van der Waals surface area contributed by atoms with Gasteiger partial charge in [0.1, 0.15) is 0 Å². The summed E-state index contributed by atoms with van der Waals surface area (Å²) in [6.45, 7) is 0. The minimum absolute atomic E-state index is 0.0802. The fourth-order valence-electron chi connectivity index (χ4n) is 12.9. The lowest BCUT2D eigenvalue weighted by atomic mass is 10.0. The quantitative estimate of drug-likeness (QED) is 0.211. The molecule has 10 aliphatic rings. The minimum atomic E-state index is -4.31. The Bertz CT molecular complexity index is 1280. The summed E-state index contributed by atoms with van der Waals surface area (Å²) in [6, 6.07) is 0. The van der Waals surface area contributed by atoms with Crippen LogP contribution in [0.4, 0.5) is 0 Å². The smallest absolute Gasteiger partial charge is 0.393 e. The molecule has 342 valence electrons. The maximum absolute atomic E-state index is 13.9. The van der Waals surface area contributed by atoms with Crippen molar-refractivity contribution in [2.45, 2.75) is 264 Å². The summed E-state index contributed by atoms with van der Waals surface area (Å²) in [5.74, 6) is 0. The summed E-state index contributed by atoms with van der Waals surface area (Å²) in [7, 11) is -25.5. The predicted octanol–water partition coefficient (Wildman–Crippen LogP) is 11.1. The van der Waals surface area contributed by atoms with Crippen molar-refractivity contribution in [1.29, 1.82) is 0 Å². The third-order valence-corrected chi connectivity index (χ3v) is 44.1. The van der Waals surface area contributed by atoms with E-state index in [-0.39, 0.29) is 38.8 Å². The molecule has 10 fully saturated rings. The molecule has 0 spiro atoms. The van der Waals surface area contributed by atoms with Gasteiger partial charge in [0, 0.05) is 38.8 Å². The van der Waals surface area contributed by atoms with Gasteiger partial charge in [-0.25, -0.2) is 0 Å². The number of hydrogen-bond acceptors (Lipinski definition) is 11. The minimum Gasteiger partial charge on any atom is -0.393 e. The molecule has 2 radical (unpaired) electrons. The molecule has 7 aliphatic carbocycles. The molecule has 3 aliphatic heterocycles. The molecule has 0 aromatic heterocycles. The predicted molar refractivity (Wildman–Crippen MR) is 243 cm³/mol. The van der Waals surface area contributed by atoms with Crippen molar-refractivity contribution in [2.75, 3.05) is 0 Å². The van der Waals surface area contributed by atoms with Crippen LogP contribution in [0.2, 0.25) is 38.8 Å². The van der Waals surface area contributed by atoms with Crippen LogP contribution in [0, 0.1) is 0 Å². The summed E-state index contributed by atoms with van der Waals surface area (Å²) >= 11 is 0. The number of fused-ring (bicyclic) bond motifs is 10. The van der Waals surface area contributed by atoms with Gasteiger partial charge < -0.3 is 47.3 Å². The molecule has 4 atom stereocenters. The molecule has 4 unspecified atom stereocenters. The lowest BCUT2D eigenvalue weighted by Gasteiger charge is -2.56. The van der Waals surface area contributed by atoms with Crippen LogP contribution in [0.3, 0.4) is 0 Å². The zero-order valence-corrected chi connectivity index (χ0v) is 43.9. The third kappa shape index (κ3) is 10.3. The van der Waals surface area contributed by atoms with Crippen LogP contribution in [0.1, 0.15) is 225 Å². The highest BCUT2D eigenvalue weighted by Gasteiger charge is 2.74. The van der Waals surface area contributed by atoms with Crippen molar-refractivity contribution in [3.05, 3.63) is 0 Å². The van der Waals surface area contributed by atoms with Gasteiger partial charge in [-0.3, -0.25) is 0 Å². The van der Waals surface area contributed by atoms with Gasteiger partial charge in [-0.2, -0.15) is 0 Å². The molecule has 0 aromatic rings. The molecule has 18 heteroatoms. The Kier molecular flexibility index (Phi) is 15.8.